The van der Waals surface area contributed by atoms with Crippen molar-refractivity contribution in [3.8, 4) is 0 Å². The van der Waals surface area contributed by atoms with E-state index >= 15 is 0 Å². The molecule has 2 fully saturated rings. The Balaban J connectivity index is 0.000000499. The molecule has 2 rings (SSSR count). The van der Waals surface area contributed by atoms with Gasteiger partial charge in [-0.2, -0.15) is 0 Å². The average molecular weight is 413 g/mol. The van der Waals surface area contributed by atoms with Crippen molar-refractivity contribution in [1.82, 2.24) is 19.6 Å². The van der Waals surface area contributed by atoms with Crippen LogP contribution in [0.5, 0.6) is 0 Å². The van der Waals surface area contributed by atoms with E-state index in [1.165, 1.54) is 6.42 Å². The third-order valence-electron chi connectivity index (χ3n) is 6.33. The van der Waals surface area contributed by atoms with Crippen molar-refractivity contribution in [2.45, 2.75) is 85.4 Å². The van der Waals surface area contributed by atoms with Crippen molar-refractivity contribution in [2.24, 2.45) is 5.92 Å². The maximum atomic E-state index is 11.7. The van der Waals surface area contributed by atoms with Crippen molar-refractivity contribution >= 4 is 11.8 Å². The molecule has 6 heteroatoms. The highest BCUT2D eigenvalue weighted by atomic mass is 16.2. The summed E-state index contributed by atoms with van der Waals surface area (Å²) in [4.78, 5) is 31.4. The third-order valence-corrected chi connectivity index (χ3v) is 6.33. The second-order valence-corrected chi connectivity index (χ2v) is 8.70. The van der Waals surface area contributed by atoms with Gasteiger partial charge < -0.3 is 19.6 Å². The van der Waals surface area contributed by atoms with Crippen molar-refractivity contribution in [3.05, 3.63) is 0 Å². The minimum atomic E-state index is 0.125. The molecule has 2 heterocycles. The highest BCUT2D eigenvalue weighted by molar-refractivity contribution is 5.78. The Bertz CT molecular complexity index is 475. The van der Waals surface area contributed by atoms with Gasteiger partial charge in [-0.25, -0.2) is 0 Å². The number of hydrogen-bond acceptors (Lipinski definition) is 4. The van der Waals surface area contributed by atoms with Gasteiger partial charge in [-0.05, 0) is 66.3 Å². The Labute approximate surface area is 180 Å². The summed E-state index contributed by atoms with van der Waals surface area (Å²) in [5, 5.41) is 0. The van der Waals surface area contributed by atoms with Gasteiger partial charge in [-0.3, -0.25) is 9.59 Å². The largest absolute Gasteiger partial charge is 0.342 e. The summed E-state index contributed by atoms with van der Waals surface area (Å²) in [5.74, 6) is 0.575. The van der Waals surface area contributed by atoms with E-state index in [9.17, 15) is 9.59 Å². The molecule has 2 unspecified atom stereocenters. The summed E-state index contributed by atoms with van der Waals surface area (Å²) in [6.45, 7) is 15.1. The van der Waals surface area contributed by atoms with Gasteiger partial charge in [0.2, 0.25) is 11.8 Å². The number of likely N-dealkylation sites (N-methyl/N-ethyl adjacent to an activating group) is 2. The van der Waals surface area contributed by atoms with Gasteiger partial charge in [0.15, 0.2) is 0 Å². The molecule has 0 aromatic carbocycles. The second kappa shape index (κ2) is 14.0. The summed E-state index contributed by atoms with van der Waals surface area (Å²) >= 11 is 0. The SMILES string of the molecule is CC.CC(=O)N(C)C1CCCN(C)C1C.CC(C)C(=O)N(C)C1CCN(C)CC1. The van der Waals surface area contributed by atoms with Crippen LogP contribution in [0.25, 0.3) is 0 Å². The Kier molecular flexibility index (Phi) is 13.4. The molecule has 0 aromatic rings. The maximum absolute atomic E-state index is 11.7. The van der Waals surface area contributed by atoms with E-state index in [-0.39, 0.29) is 17.7 Å². The van der Waals surface area contributed by atoms with Crippen LogP contribution in [-0.2, 0) is 9.59 Å². The summed E-state index contributed by atoms with van der Waals surface area (Å²) < 4.78 is 0. The van der Waals surface area contributed by atoms with Crippen molar-refractivity contribution in [3.63, 3.8) is 0 Å². The number of rotatable bonds is 3. The Hall–Kier alpha value is -1.14. The predicted octanol–water partition coefficient (Wildman–Crippen LogP) is 3.17. The van der Waals surface area contributed by atoms with Crippen LogP contribution in [0.3, 0.4) is 0 Å². The average Bonchev–Trinajstić information content (AvgIpc) is 2.71. The van der Waals surface area contributed by atoms with E-state index < -0.39 is 0 Å². The molecular formula is C23H48N4O2. The lowest BCUT2D eigenvalue weighted by Gasteiger charge is -2.41. The van der Waals surface area contributed by atoms with Gasteiger partial charge in [-0.15, -0.1) is 0 Å². The fourth-order valence-corrected chi connectivity index (χ4v) is 4.01. The molecular weight excluding hydrogens is 364 g/mol. The first-order chi connectivity index (χ1) is 13.6. The number of carbonyl (C=O) groups is 2. The molecule has 0 aliphatic carbocycles. The van der Waals surface area contributed by atoms with Crippen molar-refractivity contribution < 1.29 is 9.59 Å². The third kappa shape index (κ3) is 9.04. The number of carbonyl (C=O) groups excluding carboxylic acids is 2. The van der Waals surface area contributed by atoms with Crippen LogP contribution in [0.2, 0.25) is 0 Å². The standard InChI is InChI=1S/C11H22N2O.C10H20N2O.C2H6/c1-9(2)11(14)13(4)10-5-7-12(3)8-6-10;1-8-10(12(4)9(2)13)6-5-7-11(8)3;1-2/h9-10H,5-8H2,1-4H3;8,10H,5-7H2,1-4H3;1-2H3. The zero-order valence-electron chi connectivity index (χ0n) is 20.9. The lowest BCUT2D eigenvalue weighted by Crippen LogP contribution is -2.52. The Morgan fingerprint density at radius 1 is 0.931 bits per heavy atom. The molecule has 0 spiro atoms. The lowest BCUT2D eigenvalue weighted by atomic mass is 9.97. The quantitative estimate of drug-likeness (QED) is 0.714. The maximum Gasteiger partial charge on any atom is 0.225 e. The van der Waals surface area contributed by atoms with Crippen LogP contribution >= 0.6 is 0 Å². The number of likely N-dealkylation sites (tertiary alicyclic amines) is 2. The first-order valence-electron chi connectivity index (χ1n) is 11.4. The zero-order chi connectivity index (χ0) is 22.7. The smallest absolute Gasteiger partial charge is 0.225 e. The zero-order valence-corrected chi connectivity index (χ0v) is 20.9. The van der Waals surface area contributed by atoms with Gasteiger partial charge in [0.25, 0.3) is 0 Å². The molecule has 2 aliphatic rings. The van der Waals surface area contributed by atoms with Gasteiger partial charge in [0, 0.05) is 45.1 Å². The van der Waals surface area contributed by atoms with Crippen LogP contribution in [0.1, 0.15) is 67.2 Å². The van der Waals surface area contributed by atoms with Crippen LogP contribution < -0.4 is 0 Å². The van der Waals surface area contributed by atoms with Crippen LogP contribution in [-0.4, -0.2) is 97.4 Å². The fourth-order valence-electron chi connectivity index (χ4n) is 4.01. The van der Waals surface area contributed by atoms with Gasteiger partial charge >= 0.3 is 0 Å². The van der Waals surface area contributed by atoms with E-state index in [0.29, 0.717) is 18.1 Å². The molecule has 0 bridgehead atoms. The second-order valence-electron chi connectivity index (χ2n) is 8.70. The molecule has 0 aromatic heterocycles. The van der Waals surface area contributed by atoms with E-state index in [4.69, 9.17) is 0 Å². The van der Waals surface area contributed by atoms with Gasteiger partial charge in [0.1, 0.15) is 0 Å². The predicted molar refractivity (Wildman–Crippen MR) is 123 cm³/mol. The highest BCUT2D eigenvalue weighted by Crippen LogP contribution is 2.20. The molecule has 0 saturated carbocycles. The first-order valence-corrected chi connectivity index (χ1v) is 11.4. The normalized spacial score (nSPS) is 23.4. The Morgan fingerprint density at radius 3 is 1.90 bits per heavy atom. The molecule has 6 nitrogen and oxygen atoms in total. The van der Waals surface area contributed by atoms with Crippen molar-refractivity contribution in [2.75, 3.05) is 47.8 Å². The van der Waals surface area contributed by atoms with Gasteiger partial charge in [-0.1, -0.05) is 27.7 Å². The summed E-state index contributed by atoms with van der Waals surface area (Å²) in [6.07, 6.45) is 4.57. The monoisotopic (exact) mass is 412 g/mol. The fraction of sp³-hybridized carbons (Fsp3) is 0.913. The van der Waals surface area contributed by atoms with Crippen LogP contribution in [0.4, 0.5) is 0 Å². The number of hydrogen-bond donors (Lipinski definition) is 0. The summed E-state index contributed by atoms with van der Waals surface area (Å²) in [5.41, 5.74) is 0. The first kappa shape index (κ1) is 27.9. The van der Waals surface area contributed by atoms with Crippen LogP contribution in [0, 0.1) is 5.92 Å². The molecule has 2 atom stereocenters. The minimum absolute atomic E-state index is 0.125. The van der Waals surface area contributed by atoms with Gasteiger partial charge in [0.05, 0.1) is 0 Å². The number of amides is 2. The summed E-state index contributed by atoms with van der Waals surface area (Å²) in [7, 11) is 8.12. The van der Waals surface area contributed by atoms with E-state index in [2.05, 4.69) is 30.8 Å². The van der Waals surface area contributed by atoms with Crippen LogP contribution in [0.15, 0.2) is 0 Å². The minimum Gasteiger partial charge on any atom is -0.342 e. The summed E-state index contributed by atoms with van der Waals surface area (Å²) in [6, 6.07) is 1.35. The number of piperidine rings is 2. The van der Waals surface area contributed by atoms with E-state index in [1.54, 1.807) is 6.92 Å². The molecule has 2 saturated heterocycles. The molecule has 0 N–H and O–H groups in total. The molecule has 29 heavy (non-hydrogen) atoms. The topological polar surface area (TPSA) is 47.1 Å². The molecule has 0 radical (unpaired) electrons. The van der Waals surface area contributed by atoms with E-state index in [1.807, 2.05) is 51.6 Å². The van der Waals surface area contributed by atoms with Crippen molar-refractivity contribution in [1.29, 1.82) is 0 Å². The molecule has 172 valence electrons. The lowest BCUT2D eigenvalue weighted by molar-refractivity contribution is -0.136. The molecule has 2 aliphatic heterocycles. The molecule has 2 amide bonds. The van der Waals surface area contributed by atoms with E-state index in [0.717, 1.165) is 38.9 Å². The Morgan fingerprint density at radius 2 is 1.45 bits per heavy atom. The highest BCUT2D eigenvalue weighted by Gasteiger charge is 2.29. The number of nitrogens with zero attached hydrogens (tertiary/aromatic N) is 4.